The SMILES string of the molecule is CC(C)(C)c1nnc(-c2nn(-c3ccc(Cl)cc3Cl)c(-c3ccc(Cl)cc3)c2Br)s1. The van der Waals surface area contributed by atoms with Crippen LogP contribution in [0.1, 0.15) is 25.8 Å². The van der Waals surface area contributed by atoms with Gasteiger partial charge < -0.3 is 0 Å². The minimum absolute atomic E-state index is 0.0938. The van der Waals surface area contributed by atoms with Crippen molar-refractivity contribution in [1.82, 2.24) is 20.0 Å². The molecule has 0 spiro atoms. The first-order valence-corrected chi connectivity index (χ1v) is 11.7. The smallest absolute Gasteiger partial charge is 0.169 e. The summed E-state index contributed by atoms with van der Waals surface area (Å²) < 4.78 is 2.59. The lowest BCUT2D eigenvalue weighted by atomic mass is 9.98. The first-order valence-electron chi connectivity index (χ1n) is 8.99. The van der Waals surface area contributed by atoms with E-state index in [1.54, 1.807) is 16.8 Å². The van der Waals surface area contributed by atoms with Gasteiger partial charge in [0.05, 0.1) is 20.9 Å². The average molecular weight is 543 g/mol. The molecule has 0 aliphatic rings. The molecule has 0 fully saturated rings. The van der Waals surface area contributed by atoms with Crippen LogP contribution < -0.4 is 0 Å². The Labute approximate surface area is 201 Å². The highest BCUT2D eigenvalue weighted by atomic mass is 79.9. The summed E-state index contributed by atoms with van der Waals surface area (Å²) in [6.07, 6.45) is 0. The molecule has 0 saturated heterocycles. The van der Waals surface area contributed by atoms with Crippen LogP contribution in [0.4, 0.5) is 0 Å². The van der Waals surface area contributed by atoms with Crippen LogP contribution in [0.2, 0.25) is 15.1 Å². The molecule has 0 radical (unpaired) electrons. The molecule has 2 heterocycles. The highest BCUT2D eigenvalue weighted by Gasteiger charge is 2.26. The van der Waals surface area contributed by atoms with Crippen LogP contribution in [0.25, 0.3) is 27.6 Å². The highest BCUT2D eigenvalue weighted by Crippen LogP contribution is 2.41. The number of hydrogen-bond acceptors (Lipinski definition) is 4. The summed E-state index contributed by atoms with van der Waals surface area (Å²) in [4.78, 5) is 0. The number of aromatic nitrogens is 4. The minimum Gasteiger partial charge on any atom is -0.230 e. The van der Waals surface area contributed by atoms with Crippen molar-refractivity contribution in [1.29, 1.82) is 0 Å². The fraction of sp³-hybridized carbons (Fsp3) is 0.190. The lowest BCUT2D eigenvalue weighted by molar-refractivity contribution is 0.578. The van der Waals surface area contributed by atoms with Crippen LogP contribution in [-0.2, 0) is 5.41 Å². The number of benzene rings is 2. The summed E-state index contributed by atoms with van der Waals surface area (Å²) in [5, 5.41) is 17.0. The van der Waals surface area contributed by atoms with E-state index in [9.17, 15) is 0 Å². The fourth-order valence-corrected chi connectivity index (χ4v) is 5.14. The van der Waals surface area contributed by atoms with E-state index in [0.717, 1.165) is 25.7 Å². The normalized spacial score (nSPS) is 11.8. The standard InChI is InChI=1S/C21H16BrCl3N4S/c1-21(2,3)20-27-26-19(30-20)17-16(22)18(11-4-6-12(23)7-5-11)29(28-17)15-9-8-13(24)10-14(15)25/h4-10H,1-3H3. The topological polar surface area (TPSA) is 43.6 Å². The Morgan fingerprint density at radius 2 is 1.60 bits per heavy atom. The van der Waals surface area contributed by atoms with E-state index in [-0.39, 0.29) is 5.41 Å². The number of rotatable bonds is 3. The molecule has 2 aromatic carbocycles. The van der Waals surface area contributed by atoms with E-state index < -0.39 is 0 Å². The van der Waals surface area contributed by atoms with Gasteiger partial charge in [0.25, 0.3) is 0 Å². The molecular weight excluding hydrogens is 527 g/mol. The van der Waals surface area contributed by atoms with Crippen molar-refractivity contribution in [3.63, 3.8) is 0 Å². The van der Waals surface area contributed by atoms with Crippen molar-refractivity contribution < 1.29 is 0 Å². The van der Waals surface area contributed by atoms with Gasteiger partial charge in [-0.05, 0) is 46.3 Å². The second-order valence-corrected chi connectivity index (χ2v) is 10.7. The lowest BCUT2D eigenvalue weighted by Crippen LogP contribution is -2.10. The van der Waals surface area contributed by atoms with Crippen LogP contribution >= 0.6 is 62.1 Å². The average Bonchev–Trinajstić information content (AvgIpc) is 3.28. The zero-order valence-corrected chi connectivity index (χ0v) is 20.9. The quantitative estimate of drug-likeness (QED) is 0.263. The van der Waals surface area contributed by atoms with E-state index in [4.69, 9.17) is 39.9 Å². The van der Waals surface area contributed by atoms with Crippen LogP contribution in [-0.4, -0.2) is 20.0 Å². The molecule has 0 N–H and O–H groups in total. The van der Waals surface area contributed by atoms with E-state index in [0.29, 0.717) is 26.4 Å². The van der Waals surface area contributed by atoms with Crippen LogP contribution in [0.15, 0.2) is 46.9 Å². The van der Waals surface area contributed by atoms with Crippen LogP contribution in [0.3, 0.4) is 0 Å². The molecule has 0 atom stereocenters. The van der Waals surface area contributed by atoms with Gasteiger partial charge in [0.2, 0.25) is 0 Å². The molecule has 4 rings (SSSR count). The van der Waals surface area contributed by atoms with Crippen molar-refractivity contribution >= 4 is 62.1 Å². The second-order valence-electron chi connectivity index (χ2n) is 7.69. The Kier molecular flexibility index (Phi) is 5.99. The zero-order chi connectivity index (χ0) is 21.6. The van der Waals surface area contributed by atoms with Crippen LogP contribution in [0, 0.1) is 0 Å². The van der Waals surface area contributed by atoms with E-state index in [2.05, 4.69) is 46.9 Å². The first-order chi connectivity index (χ1) is 14.1. The predicted molar refractivity (Wildman–Crippen MR) is 129 cm³/mol. The zero-order valence-electron chi connectivity index (χ0n) is 16.3. The highest BCUT2D eigenvalue weighted by molar-refractivity contribution is 9.10. The number of nitrogens with zero attached hydrogens (tertiary/aromatic N) is 4. The summed E-state index contributed by atoms with van der Waals surface area (Å²) in [6.45, 7) is 6.33. The number of halogens is 4. The van der Waals surface area contributed by atoms with Crippen LogP contribution in [0.5, 0.6) is 0 Å². The predicted octanol–water partition coefficient (Wildman–Crippen LogP) is 8.08. The van der Waals surface area contributed by atoms with Crippen molar-refractivity contribution in [2.24, 2.45) is 0 Å². The molecule has 9 heteroatoms. The number of hydrogen-bond donors (Lipinski definition) is 0. The molecule has 0 bridgehead atoms. The molecule has 0 unspecified atom stereocenters. The van der Waals surface area contributed by atoms with Crippen molar-refractivity contribution in [2.75, 3.05) is 0 Å². The van der Waals surface area contributed by atoms with Gasteiger partial charge in [-0.25, -0.2) is 4.68 Å². The fourth-order valence-electron chi connectivity index (χ4n) is 2.84. The summed E-state index contributed by atoms with van der Waals surface area (Å²) in [6, 6.07) is 12.9. The Morgan fingerprint density at radius 3 is 2.20 bits per heavy atom. The van der Waals surface area contributed by atoms with Gasteiger partial charge in [-0.1, -0.05) is 79.0 Å². The maximum atomic E-state index is 6.51. The lowest BCUT2D eigenvalue weighted by Gasteiger charge is -2.12. The maximum absolute atomic E-state index is 6.51. The molecule has 0 saturated carbocycles. The van der Waals surface area contributed by atoms with Crippen molar-refractivity contribution in [3.05, 3.63) is 67.0 Å². The third-order valence-corrected chi connectivity index (χ3v) is 7.25. The molecule has 0 aliphatic carbocycles. The summed E-state index contributed by atoms with van der Waals surface area (Å²) in [5.41, 5.74) is 3.07. The largest absolute Gasteiger partial charge is 0.230 e. The molecule has 30 heavy (non-hydrogen) atoms. The van der Waals surface area contributed by atoms with E-state index in [1.165, 1.54) is 11.3 Å². The molecule has 2 aromatic heterocycles. The van der Waals surface area contributed by atoms with Gasteiger partial charge >= 0.3 is 0 Å². The molecular formula is C21H16BrCl3N4S. The minimum atomic E-state index is -0.0938. The Hall–Kier alpha value is -1.44. The summed E-state index contributed by atoms with van der Waals surface area (Å²) in [7, 11) is 0. The van der Waals surface area contributed by atoms with Gasteiger partial charge in [0, 0.05) is 21.0 Å². The van der Waals surface area contributed by atoms with Gasteiger partial charge in [0.1, 0.15) is 10.7 Å². The third-order valence-electron chi connectivity index (χ3n) is 4.35. The van der Waals surface area contributed by atoms with Gasteiger partial charge in [-0.15, -0.1) is 10.2 Å². The Bertz CT molecular complexity index is 1230. The Morgan fingerprint density at radius 1 is 0.933 bits per heavy atom. The molecule has 4 nitrogen and oxygen atoms in total. The summed E-state index contributed by atoms with van der Waals surface area (Å²) >= 11 is 24.0. The van der Waals surface area contributed by atoms with Crippen molar-refractivity contribution in [2.45, 2.75) is 26.2 Å². The molecule has 4 aromatic rings. The third kappa shape index (κ3) is 4.16. The monoisotopic (exact) mass is 540 g/mol. The van der Waals surface area contributed by atoms with Gasteiger partial charge in [-0.2, -0.15) is 5.10 Å². The molecule has 0 amide bonds. The maximum Gasteiger partial charge on any atom is 0.169 e. The Balaban J connectivity index is 1.95. The molecule has 154 valence electrons. The first kappa shape index (κ1) is 21.8. The molecule has 0 aliphatic heterocycles. The van der Waals surface area contributed by atoms with Gasteiger partial charge in [-0.3, -0.25) is 0 Å². The summed E-state index contributed by atoms with van der Waals surface area (Å²) in [5.74, 6) is 0. The second kappa shape index (κ2) is 8.24. The van der Waals surface area contributed by atoms with Crippen molar-refractivity contribution in [3.8, 4) is 27.6 Å². The van der Waals surface area contributed by atoms with E-state index >= 15 is 0 Å². The van der Waals surface area contributed by atoms with Gasteiger partial charge in [0.15, 0.2) is 5.01 Å². The van der Waals surface area contributed by atoms with E-state index in [1.807, 2.05) is 30.3 Å².